The first-order valence-corrected chi connectivity index (χ1v) is 16.5. The van der Waals surface area contributed by atoms with Gasteiger partial charge in [-0.25, -0.2) is 9.37 Å². The zero-order chi connectivity index (χ0) is 33.4. The van der Waals surface area contributed by atoms with Crippen LogP contribution in [0.4, 0.5) is 10.2 Å². The molecular weight excluding hydrogens is 638 g/mol. The summed E-state index contributed by atoms with van der Waals surface area (Å²) in [5.74, 6) is -0.0597. The van der Waals surface area contributed by atoms with Gasteiger partial charge in [0.05, 0.1) is 52.7 Å². The van der Waals surface area contributed by atoms with Gasteiger partial charge < -0.3 is 14.7 Å². The average Bonchev–Trinajstić information content (AvgIpc) is 3.68. The maximum Gasteiger partial charge on any atom is 0.246 e. The maximum absolute atomic E-state index is 17.2. The first-order valence-electron chi connectivity index (χ1n) is 15.7. The molecule has 5 heterocycles. The van der Waals surface area contributed by atoms with Crippen molar-refractivity contribution in [1.29, 1.82) is 5.26 Å². The van der Waals surface area contributed by atoms with Gasteiger partial charge in [-0.1, -0.05) is 29.8 Å². The predicted octanol–water partition coefficient (Wildman–Crippen LogP) is 6.71. The number of likely N-dealkylation sites (tertiary alicyclic amines) is 1. The van der Waals surface area contributed by atoms with E-state index in [1.54, 1.807) is 23.4 Å². The highest BCUT2D eigenvalue weighted by Gasteiger charge is 2.43. The van der Waals surface area contributed by atoms with E-state index in [0.717, 1.165) is 27.6 Å². The van der Waals surface area contributed by atoms with Crippen LogP contribution in [0.25, 0.3) is 32.9 Å². The van der Waals surface area contributed by atoms with E-state index in [2.05, 4.69) is 48.5 Å². The van der Waals surface area contributed by atoms with Crippen molar-refractivity contribution in [2.24, 2.45) is 4.99 Å². The zero-order valence-electron chi connectivity index (χ0n) is 26.8. The van der Waals surface area contributed by atoms with Crippen molar-refractivity contribution in [3.05, 3.63) is 63.5 Å². The standard InChI is InChI=1S/C35H35Cl2FN8O/c1-6-28(47)45-10-8-22(12-21(45)7-9-39)46-33-23-13-27(37)30(29-19(2)26(36)11-20-14-40-15-24(20)29)31(38)32(23)42-34(25(33)16-41-46)44-17-35(3,18-44)43(4)5/h6,11,13,15-16,21-22H,1,7-8,10,12,14,17-18H2,2-5H3/t21-,22+/m1/s1. The number of rotatable bonds is 6. The van der Waals surface area contributed by atoms with Crippen LogP contribution in [-0.4, -0.2) is 82.0 Å². The lowest BCUT2D eigenvalue weighted by molar-refractivity contribution is -0.130. The smallest absolute Gasteiger partial charge is 0.246 e. The fraction of sp³-hybridized carbons (Fsp3) is 0.400. The summed E-state index contributed by atoms with van der Waals surface area (Å²) in [6, 6.07) is 5.46. The molecule has 47 heavy (non-hydrogen) atoms. The van der Waals surface area contributed by atoms with Crippen molar-refractivity contribution in [3.8, 4) is 17.2 Å². The Hall–Kier alpha value is -4.04. The van der Waals surface area contributed by atoms with E-state index in [-0.39, 0.29) is 46.1 Å². The second kappa shape index (κ2) is 11.6. The molecule has 9 nitrogen and oxygen atoms in total. The summed E-state index contributed by atoms with van der Waals surface area (Å²) in [6.45, 7) is 10.1. The summed E-state index contributed by atoms with van der Waals surface area (Å²) in [4.78, 5) is 28.1. The number of likely N-dealkylation sites (N-methyl/N-ethyl adjacent to an activating group) is 1. The molecule has 2 fully saturated rings. The summed E-state index contributed by atoms with van der Waals surface area (Å²) >= 11 is 13.7. The number of hydrogen-bond donors (Lipinski definition) is 0. The van der Waals surface area contributed by atoms with Gasteiger partial charge in [-0.15, -0.1) is 0 Å². The molecule has 3 aliphatic rings. The van der Waals surface area contributed by atoms with Crippen LogP contribution in [-0.2, 0) is 11.3 Å². The molecule has 0 saturated carbocycles. The number of nitrogens with zero attached hydrogens (tertiary/aromatic N) is 8. The van der Waals surface area contributed by atoms with E-state index in [1.165, 1.54) is 6.08 Å². The first-order chi connectivity index (χ1) is 22.5. The SMILES string of the molecule is C=CC(=O)N1CC[C@H](n2ncc3c(N4CC(C)(N(C)C)C4)nc4c(F)c(-c5c(C)c(Cl)cc6c5C=NC6)c(Cl)cc4c32)C[C@H]1CC#N. The van der Waals surface area contributed by atoms with Gasteiger partial charge in [-0.3, -0.25) is 14.5 Å². The Labute approximate surface area is 282 Å². The van der Waals surface area contributed by atoms with Gasteiger partial charge in [0, 0.05) is 53.4 Å². The van der Waals surface area contributed by atoms with Crippen molar-refractivity contribution in [2.75, 3.05) is 38.6 Å². The highest BCUT2D eigenvalue weighted by atomic mass is 35.5. The molecule has 4 aromatic rings. The predicted molar refractivity (Wildman–Crippen MR) is 185 cm³/mol. The van der Waals surface area contributed by atoms with E-state index >= 15 is 4.39 Å². The Morgan fingerprint density at radius 1 is 1.23 bits per heavy atom. The molecule has 2 atom stereocenters. The molecule has 0 aliphatic carbocycles. The maximum atomic E-state index is 17.2. The molecular formula is C35H35Cl2FN8O. The van der Waals surface area contributed by atoms with Gasteiger partial charge in [-0.05, 0) is 75.7 Å². The van der Waals surface area contributed by atoms with E-state index < -0.39 is 5.82 Å². The second-order valence-corrected chi connectivity index (χ2v) is 14.1. The third-order valence-electron chi connectivity index (χ3n) is 10.3. The van der Waals surface area contributed by atoms with Gasteiger partial charge in [0.2, 0.25) is 5.91 Å². The average molecular weight is 674 g/mol. The van der Waals surface area contributed by atoms with Crippen molar-refractivity contribution < 1.29 is 9.18 Å². The van der Waals surface area contributed by atoms with Crippen molar-refractivity contribution >= 4 is 62.9 Å². The molecule has 0 unspecified atom stereocenters. The van der Waals surface area contributed by atoms with Gasteiger partial charge >= 0.3 is 0 Å². The number of amides is 1. The van der Waals surface area contributed by atoms with Gasteiger partial charge in [0.15, 0.2) is 5.82 Å². The summed E-state index contributed by atoms with van der Waals surface area (Å²) in [6.07, 6.45) is 6.17. The number of piperidine rings is 1. The van der Waals surface area contributed by atoms with Crippen LogP contribution in [0.3, 0.4) is 0 Å². The number of fused-ring (bicyclic) bond motifs is 4. The Bertz CT molecular complexity index is 2060. The lowest BCUT2D eigenvalue weighted by Gasteiger charge is -2.52. The molecule has 1 amide bonds. The monoisotopic (exact) mass is 672 g/mol. The number of aromatic nitrogens is 3. The van der Waals surface area contributed by atoms with Crippen LogP contribution in [0, 0.1) is 24.1 Å². The normalized spacial score (nSPS) is 20.1. The summed E-state index contributed by atoms with van der Waals surface area (Å²) in [7, 11) is 4.12. The minimum atomic E-state index is -0.527. The van der Waals surface area contributed by atoms with Crippen molar-refractivity contribution in [3.63, 3.8) is 0 Å². The highest BCUT2D eigenvalue weighted by molar-refractivity contribution is 6.36. The minimum absolute atomic E-state index is 0.0600. The van der Waals surface area contributed by atoms with Gasteiger partial charge in [0.25, 0.3) is 0 Å². The molecule has 3 aliphatic heterocycles. The number of aliphatic imine (C=N–C) groups is 1. The molecule has 0 spiro atoms. The van der Waals surface area contributed by atoms with Crippen LogP contribution < -0.4 is 4.90 Å². The molecule has 2 saturated heterocycles. The zero-order valence-corrected chi connectivity index (χ0v) is 28.3. The van der Waals surface area contributed by atoms with Crippen LogP contribution in [0.5, 0.6) is 0 Å². The quantitative estimate of drug-likeness (QED) is 0.211. The lowest BCUT2D eigenvalue weighted by atomic mass is 9.90. The molecule has 7 rings (SSSR count). The van der Waals surface area contributed by atoms with E-state index in [1.807, 2.05) is 17.7 Å². The Morgan fingerprint density at radius 3 is 2.70 bits per heavy atom. The number of halogens is 3. The Kier molecular flexibility index (Phi) is 7.78. The topological polar surface area (TPSA) is 93.7 Å². The fourth-order valence-corrected chi connectivity index (χ4v) is 7.94. The number of anilines is 1. The van der Waals surface area contributed by atoms with Crippen molar-refractivity contribution in [1.82, 2.24) is 24.6 Å². The first kappa shape index (κ1) is 31.6. The van der Waals surface area contributed by atoms with E-state index in [9.17, 15) is 10.1 Å². The van der Waals surface area contributed by atoms with Crippen LogP contribution in [0.15, 0.2) is 36.0 Å². The minimum Gasteiger partial charge on any atom is -0.352 e. The van der Waals surface area contributed by atoms with E-state index in [4.69, 9.17) is 33.3 Å². The number of carbonyl (C=O) groups excluding carboxylic acids is 1. The van der Waals surface area contributed by atoms with Gasteiger partial charge in [0.1, 0.15) is 11.3 Å². The molecule has 0 radical (unpaired) electrons. The van der Waals surface area contributed by atoms with Gasteiger partial charge in [-0.2, -0.15) is 10.4 Å². The molecule has 2 aromatic heterocycles. The summed E-state index contributed by atoms with van der Waals surface area (Å²) in [5, 5.41) is 16.6. The number of carbonyl (C=O) groups is 1. The summed E-state index contributed by atoms with van der Waals surface area (Å²) < 4.78 is 19.1. The Balaban J connectivity index is 1.45. The third kappa shape index (κ3) is 4.90. The summed E-state index contributed by atoms with van der Waals surface area (Å²) in [5.41, 5.74) is 4.20. The Morgan fingerprint density at radius 2 is 2.00 bits per heavy atom. The van der Waals surface area contributed by atoms with Crippen LogP contribution in [0.2, 0.25) is 10.0 Å². The molecule has 242 valence electrons. The van der Waals surface area contributed by atoms with Crippen LogP contribution in [0.1, 0.15) is 48.9 Å². The second-order valence-electron chi connectivity index (χ2n) is 13.3. The van der Waals surface area contributed by atoms with Crippen LogP contribution >= 0.6 is 23.2 Å². The highest BCUT2D eigenvalue weighted by Crippen LogP contribution is 2.46. The van der Waals surface area contributed by atoms with E-state index in [0.29, 0.717) is 60.8 Å². The molecule has 2 aromatic carbocycles. The number of pyridine rings is 1. The number of nitriles is 1. The third-order valence-corrected chi connectivity index (χ3v) is 11.0. The fourth-order valence-electron chi connectivity index (χ4n) is 7.43. The number of hydrogen-bond acceptors (Lipinski definition) is 7. The lowest BCUT2D eigenvalue weighted by Crippen LogP contribution is -2.67. The molecule has 0 bridgehead atoms. The molecule has 12 heteroatoms. The molecule has 0 N–H and O–H groups in total. The number of benzene rings is 2. The largest absolute Gasteiger partial charge is 0.352 e. The van der Waals surface area contributed by atoms with Crippen molar-refractivity contribution in [2.45, 2.75) is 57.3 Å².